The summed E-state index contributed by atoms with van der Waals surface area (Å²) in [5.74, 6) is -0.762. The van der Waals surface area contributed by atoms with E-state index in [1.807, 2.05) is 36.9 Å². The van der Waals surface area contributed by atoms with Gasteiger partial charge in [-0.25, -0.2) is 4.98 Å². The molecule has 1 amide bonds. The van der Waals surface area contributed by atoms with Gasteiger partial charge in [0.1, 0.15) is 5.82 Å². The van der Waals surface area contributed by atoms with Gasteiger partial charge in [-0.05, 0) is 49.4 Å². The van der Waals surface area contributed by atoms with Crippen LogP contribution in [0, 0.1) is 12.8 Å². The quantitative estimate of drug-likeness (QED) is 0.664. The Morgan fingerprint density at radius 1 is 1.19 bits per heavy atom. The van der Waals surface area contributed by atoms with Crippen molar-refractivity contribution in [3.63, 3.8) is 0 Å². The number of amides is 1. The van der Waals surface area contributed by atoms with Crippen molar-refractivity contribution in [3.8, 4) is 0 Å². The van der Waals surface area contributed by atoms with E-state index in [1.165, 1.54) is 6.07 Å². The Balaban J connectivity index is 1.47. The number of para-hydroxylation sites is 1. The molecule has 6 nitrogen and oxygen atoms in total. The lowest BCUT2D eigenvalue weighted by molar-refractivity contribution is -0.152. The number of nitrogens with one attached hydrogen (secondary N) is 1. The summed E-state index contributed by atoms with van der Waals surface area (Å²) in [5, 5.41) is 2.82. The van der Waals surface area contributed by atoms with E-state index in [4.69, 9.17) is 4.74 Å². The maximum atomic E-state index is 12.7. The lowest BCUT2D eigenvalue weighted by atomic mass is 9.97. The molecular formula is C23H26F3N3O3. The number of alkyl halides is 3. The molecule has 0 aliphatic carbocycles. The number of carbonyl (C=O) groups is 2. The first-order valence-electron chi connectivity index (χ1n) is 10.5. The van der Waals surface area contributed by atoms with Crippen molar-refractivity contribution in [1.29, 1.82) is 0 Å². The van der Waals surface area contributed by atoms with E-state index in [1.54, 1.807) is 0 Å². The molecule has 0 unspecified atom stereocenters. The number of benzene rings is 1. The van der Waals surface area contributed by atoms with Gasteiger partial charge >= 0.3 is 12.1 Å². The molecule has 1 N–H and O–H groups in total. The third kappa shape index (κ3) is 5.77. The first-order chi connectivity index (χ1) is 15.2. The molecule has 1 aliphatic heterocycles. The SMILES string of the molecule is CCc1cccc(C)c1NC(=O)COC(=O)C1CCN(c2ccc(C(F)(F)F)cn2)CC1. The highest BCUT2D eigenvalue weighted by molar-refractivity contribution is 5.94. The average Bonchev–Trinajstić information content (AvgIpc) is 2.78. The minimum absolute atomic E-state index is 0.363. The number of piperidine rings is 1. The van der Waals surface area contributed by atoms with E-state index in [0.717, 1.165) is 35.5 Å². The van der Waals surface area contributed by atoms with Crippen LogP contribution in [0.2, 0.25) is 0 Å². The van der Waals surface area contributed by atoms with Crippen LogP contribution >= 0.6 is 0 Å². The highest BCUT2D eigenvalue weighted by atomic mass is 19.4. The van der Waals surface area contributed by atoms with E-state index >= 15 is 0 Å². The van der Waals surface area contributed by atoms with Crippen LogP contribution in [0.3, 0.4) is 0 Å². The fourth-order valence-electron chi connectivity index (χ4n) is 3.72. The summed E-state index contributed by atoms with van der Waals surface area (Å²) in [6, 6.07) is 8.10. The van der Waals surface area contributed by atoms with Gasteiger partial charge in [0.15, 0.2) is 6.61 Å². The standard InChI is InChI=1S/C23H26F3N3O3/c1-3-16-6-4-5-15(2)21(16)28-20(30)14-32-22(31)17-9-11-29(12-10-17)19-8-7-18(13-27-19)23(24,25)26/h4-8,13,17H,3,9-12,14H2,1-2H3,(H,28,30). The number of esters is 1. The van der Waals surface area contributed by atoms with Crippen LogP contribution in [0.4, 0.5) is 24.7 Å². The van der Waals surface area contributed by atoms with Gasteiger partial charge in [-0.3, -0.25) is 9.59 Å². The summed E-state index contributed by atoms with van der Waals surface area (Å²) in [5.41, 5.74) is 1.89. The minimum Gasteiger partial charge on any atom is -0.455 e. The Hall–Kier alpha value is -3.10. The summed E-state index contributed by atoms with van der Waals surface area (Å²) in [6.07, 6.45) is -1.90. The molecule has 1 aliphatic rings. The second-order valence-electron chi connectivity index (χ2n) is 7.78. The minimum atomic E-state index is -4.42. The topological polar surface area (TPSA) is 71.5 Å². The number of aryl methyl sites for hydroxylation is 2. The Labute approximate surface area is 184 Å². The molecule has 1 aromatic heterocycles. The number of ether oxygens (including phenoxy) is 1. The predicted molar refractivity (Wildman–Crippen MR) is 114 cm³/mol. The second-order valence-corrected chi connectivity index (χ2v) is 7.78. The van der Waals surface area contributed by atoms with Gasteiger partial charge in [-0.1, -0.05) is 25.1 Å². The van der Waals surface area contributed by atoms with Crippen LogP contribution in [0.5, 0.6) is 0 Å². The number of carbonyl (C=O) groups excluding carboxylic acids is 2. The smallest absolute Gasteiger partial charge is 0.417 e. The summed E-state index contributed by atoms with van der Waals surface area (Å²) >= 11 is 0. The van der Waals surface area contributed by atoms with E-state index in [-0.39, 0.29) is 12.5 Å². The fourth-order valence-corrected chi connectivity index (χ4v) is 3.72. The maximum absolute atomic E-state index is 12.7. The number of aromatic nitrogens is 1. The molecule has 0 atom stereocenters. The number of hydrogen-bond donors (Lipinski definition) is 1. The van der Waals surface area contributed by atoms with Gasteiger partial charge < -0.3 is 15.0 Å². The van der Waals surface area contributed by atoms with E-state index in [2.05, 4.69) is 10.3 Å². The molecule has 0 saturated carbocycles. The van der Waals surface area contributed by atoms with Crippen molar-refractivity contribution in [2.75, 3.05) is 29.9 Å². The molecule has 0 radical (unpaired) electrons. The van der Waals surface area contributed by atoms with Crippen LogP contribution in [0.25, 0.3) is 0 Å². The molecule has 172 valence electrons. The van der Waals surface area contributed by atoms with Crippen LogP contribution in [0.15, 0.2) is 36.5 Å². The van der Waals surface area contributed by atoms with Gasteiger partial charge in [0.05, 0.1) is 11.5 Å². The summed E-state index contributed by atoms with van der Waals surface area (Å²) in [6.45, 7) is 4.47. The number of anilines is 2. The summed E-state index contributed by atoms with van der Waals surface area (Å²) in [7, 11) is 0. The molecule has 0 bridgehead atoms. The first kappa shape index (κ1) is 23.6. The summed E-state index contributed by atoms with van der Waals surface area (Å²) in [4.78, 5) is 30.4. The van der Waals surface area contributed by atoms with Gasteiger partial charge in [0, 0.05) is 25.0 Å². The molecule has 2 heterocycles. The third-order valence-corrected chi connectivity index (χ3v) is 5.58. The average molecular weight is 449 g/mol. The van der Waals surface area contributed by atoms with E-state index in [9.17, 15) is 22.8 Å². The van der Waals surface area contributed by atoms with Crippen LogP contribution in [0.1, 0.15) is 36.5 Å². The third-order valence-electron chi connectivity index (χ3n) is 5.58. The highest BCUT2D eigenvalue weighted by Gasteiger charge is 2.31. The Kier molecular flexibility index (Phi) is 7.37. The lowest BCUT2D eigenvalue weighted by Gasteiger charge is -2.31. The number of halogens is 3. The van der Waals surface area contributed by atoms with Gasteiger partial charge in [0.25, 0.3) is 5.91 Å². The molecule has 2 aromatic rings. The second kappa shape index (κ2) is 10.0. The Bertz CT molecular complexity index is 953. The van der Waals surface area contributed by atoms with Gasteiger partial charge in [0.2, 0.25) is 0 Å². The largest absolute Gasteiger partial charge is 0.455 e. The van der Waals surface area contributed by atoms with Crippen molar-refractivity contribution >= 4 is 23.4 Å². The molecule has 3 rings (SSSR count). The van der Waals surface area contributed by atoms with Crippen LogP contribution in [-0.4, -0.2) is 36.6 Å². The maximum Gasteiger partial charge on any atom is 0.417 e. The molecule has 0 spiro atoms. The number of hydrogen-bond acceptors (Lipinski definition) is 5. The lowest BCUT2D eigenvalue weighted by Crippen LogP contribution is -2.38. The predicted octanol–water partition coefficient (Wildman–Crippen LogP) is 4.37. The van der Waals surface area contributed by atoms with E-state index in [0.29, 0.717) is 31.7 Å². The number of rotatable bonds is 6. The van der Waals surface area contributed by atoms with Crippen LogP contribution in [-0.2, 0) is 26.9 Å². The molecule has 1 aromatic carbocycles. The molecule has 32 heavy (non-hydrogen) atoms. The molecule has 9 heteroatoms. The highest BCUT2D eigenvalue weighted by Crippen LogP contribution is 2.30. The van der Waals surface area contributed by atoms with Gasteiger partial charge in [-0.15, -0.1) is 0 Å². The summed E-state index contributed by atoms with van der Waals surface area (Å²) < 4.78 is 43.2. The van der Waals surface area contributed by atoms with Gasteiger partial charge in [-0.2, -0.15) is 13.2 Å². The fraction of sp³-hybridized carbons (Fsp3) is 0.435. The zero-order valence-electron chi connectivity index (χ0n) is 18.0. The van der Waals surface area contributed by atoms with Crippen molar-refractivity contribution in [2.45, 2.75) is 39.3 Å². The van der Waals surface area contributed by atoms with Crippen molar-refractivity contribution in [2.24, 2.45) is 5.92 Å². The molecule has 1 saturated heterocycles. The first-order valence-corrected chi connectivity index (χ1v) is 10.5. The van der Waals surface area contributed by atoms with Crippen molar-refractivity contribution in [1.82, 2.24) is 4.98 Å². The van der Waals surface area contributed by atoms with E-state index < -0.39 is 23.6 Å². The monoisotopic (exact) mass is 449 g/mol. The number of pyridine rings is 1. The normalized spacial score (nSPS) is 14.8. The molecule has 1 fully saturated rings. The van der Waals surface area contributed by atoms with Crippen LogP contribution < -0.4 is 10.2 Å². The zero-order chi connectivity index (χ0) is 23.3. The molecular weight excluding hydrogens is 423 g/mol. The van der Waals surface area contributed by atoms with Crippen molar-refractivity contribution < 1.29 is 27.5 Å². The Morgan fingerprint density at radius 3 is 2.50 bits per heavy atom. The van der Waals surface area contributed by atoms with Crippen molar-refractivity contribution in [3.05, 3.63) is 53.2 Å². The number of nitrogens with zero attached hydrogens (tertiary/aromatic N) is 2. The zero-order valence-corrected chi connectivity index (χ0v) is 18.0. The Morgan fingerprint density at radius 2 is 1.91 bits per heavy atom.